The quantitative estimate of drug-likeness (QED) is 0.847. The van der Waals surface area contributed by atoms with Crippen LogP contribution in [0.4, 0.5) is 5.82 Å². The minimum atomic E-state index is -0.133. The zero-order valence-corrected chi connectivity index (χ0v) is 9.69. The van der Waals surface area contributed by atoms with Crippen LogP contribution in [-0.2, 0) is 11.2 Å². The van der Waals surface area contributed by atoms with Gasteiger partial charge in [-0.15, -0.1) is 0 Å². The zero-order valence-electron chi connectivity index (χ0n) is 8.93. The SMILES string of the molecule is O=C(Cc1ccccc1)Nc1ccnc(Cl)n1. The van der Waals surface area contributed by atoms with Gasteiger partial charge >= 0.3 is 0 Å². The Bertz CT molecular complexity index is 516. The molecule has 0 aliphatic heterocycles. The van der Waals surface area contributed by atoms with Crippen LogP contribution in [0.15, 0.2) is 42.6 Å². The highest BCUT2D eigenvalue weighted by molar-refractivity contribution is 6.28. The minimum absolute atomic E-state index is 0.113. The average molecular weight is 248 g/mol. The lowest BCUT2D eigenvalue weighted by atomic mass is 10.1. The molecule has 1 amide bonds. The predicted molar refractivity (Wildman–Crippen MR) is 65.8 cm³/mol. The molecule has 0 fully saturated rings. The number of anilines is 1. The molecule has 0 atom stereocenters. The lowest BCUT2D eigenvalue weighted by molar-refractivity contribution is -0.115. The molecule has 0 bridgehead atoms. The van der Waals surface area contributed by atoms with Gasteiger partial charge in [-0.1, -0.05) is 30.3 Å². The summed E-state index contributed by atoms with van der Waals surface area (Å²) in [6.07, 6.45) is 1.80. The molecule has 0 saturated heterocycles. The van der Waals surface area contributed by atoms with Crippen LogP contribution >= 0.6 is 11.6 Å². The second-order valence-corrected chi connectivity index (χ2v) is 3.76. The third kappa shape index (κ3) is 3.53. The van der Waals surface area contributed by atoms with E-state index in [0.717, 1.165) is 5.56 Å². The fraction of sp³-hybridized carbons (Fsp3) is 0.0833. The first-order chi connectivity index (χ1) is 8.24. The summed E-state index contributed by atoms with van der Waals surface area (Å²) >= 11 is 5.61. The number of hydrogen-bond acceptors (Lipinski definition) is 3. The standard InChI is InChI=1S/C12H10ClN3O/c13-12-14-7-6-10(16-12)15-11(17)8-9-4-2-1-3-5-9/h1-7H,8H2,(H,14,15,16,17). The van der Waals surface area contributed by atoms with Crippen molar-refractivity contribution in [2.45, 2.75) is 6.42 Å². The second-order valence-electron chi connectivity index (χ2n) is 3.42. The highest BCUT2D eigenvalue weighted by Gasteiger charge is 2.04. The number of benzene rings is 1. The molecule has 2 rings (SSSR count). The van der Waals surface area contributed by atoms with Gasteiger partial charge in [0.25, 0.3) is 0 Å². The van der Waals surface area contributed by atoms with E-state index in [1.807, 2.05) is 30.3 Å². The molecule has 2 aromatic rings. The zero-order chi connectivity index (χ0) is 12.1. The fourth-order valence-electron chi connectivity index (χ4n) is 1.37. The third-order valence-electron chi connectivity index (χ3n) is 2.10. The van der Waals surface area contributed by atoms with Crippen molar-refractivity contribution >= 4 is 23.3 Å². The van der Waals surface area contributed by atoms with Gasteiger partial charge < -0.3 is 5.32 Å². The molecule has 5 heteroatoms. The molecule has 1 heterocycles. The summed E-state index contributed by atoms with van der Waals surface area (Å²) in [4.78, 5) is 19.3. The molecule has 0 spiro atoms. The van der Waals surface area contributed by atoms with Crippen LogP contribution in [0.2, 0.25) is 5.28 Å². The predicted octanol–water partition coefficient (Wildman–Crippen LogP) is 2.31. The van der Waals surface area contributed by atoms with E-state index in [1.54, 1.807) is 6.07 Å². The number of aromatic nitrogens is 2. The lowest BCUT2D eigenvalue weighted by Crippen LogP contribution is -2.15. The van der Waals surface area contributed by atoms with E-state index in [-0.39, 0.29) is 11.2 Å². The number of amides is 1. The van der Waals surface area contributed by atoms with Gasteiger partial charge in [0.2, 0.25) is 11.2 Å². The summed E-state index contributed by atoms with van der Waals surface area (Å²) in [6.45, 7) is 0. The van der Waals surface area contributed by atoms with E-state index in [2.05, 4.69) is 15.3 Å². The molecule has 17 heavy (non-hydrogen) atoms. The first kappa shape index (κ1) is 11.5. The van der Waals surface area contributed by atoms with Crippen LogP contribution in [0.1, 0.15) is 5.56 Å². The number of nitrogens with zero attached hydrogens (tertiary/aromatic N) is 2. The van der Waals surface area contributed by atoms with Crippen molar-refractivity contribution in [3.63, 3.8) is 0 Å². The first-order valence-electron chi connectivity index (χ1n) is 5.06. The molecule has 0 unspecified atom stereocenters. The third-order valence-corrected chi connectivity index (χ3v) is 2.28. The maximum Gasteiger partial charge on any atom is 0.229 e. The molecule has 0 radical (unpaired) electrons. The van der Waals surface area contributed by atoms with Crippen molar-refractivity contribution in [2.75, 3.05) is 5.32 Å². The van der Waals surface area contributed by atoms with E-state index in [0.29, 0.717) is 12.2 Å². The minimum Gasteiger partial charge on any atom is -0.310 e. The van der Waals surface area contributed by atoms with Crippen molar-refractivity contribution in [2.24, 2.45) is 0 Å². The summed E-state index contributed by atoms with van der Waals surface area (Å²) in [6, 6.07) is 11.1. The van der Waals surface area contributed by atoms with Gasteiger partial charge in [-0.2, -0.15) is 0 Å². The number of hydrogen-bond donors (Lipinski definition) is 1. The van der Waals surface area contributed by atoms with Crippen LogP contribution in [0.3, 0.4) is 0 Å². The Hall–Kier alpha value is -1.94. The molecule has 1 aromatic heterocycles. The number of carbonyl (C=O) groups is 1. The van der Waals surface area contributed by atoms with Crippen LogP contribution < -0.4 is 5.32 Å². The van der Waals surface area contributed by atoms with Crippen LogP contribution in [0.5, 0.6) is 0 Å². The molecular weight excluding hydrogens is 238 g/mol. The van der Waals surface area contributed by atoms with Crippen LogP contribution in [-0.4, -0.2) is 15.9 Å². The highest BCUT2D eigenvalue weighted by atomic mass is 35.5. The Morgan fingerprint density at radius 2 is 2.00 bits per heavy atom. The number of nitrogens with one attached hydrogen (secondary N) is 1. The van der Waals surface area contributed by atoms with E-state index in [1.165, 1.54) is 6.20 Å². The Labute approximate surface area is 104 Å². The van der Waals surface area contributed by atoms with Crippen molar-refractivity contribution in [1.82, 2.24) is 9.97 Å². The summed E-state index contributed by atoms with van der Waals surface area (Å²) in [5.41, 5.74) is 0.949. The largest absolute Gasteiger partial charge is 0.310 e. The molecule has 1 N–H and O–H groups in total. The Morgan fingerprint density at radius 3 is 2.71 bits per heavy atom. The maximum atomic E-state index is 11.7. The topological polar surface area (TPSA) is 54.9 Å². The monoisotopic (exact) mass is 247 g/mol. The van der Waals surface area contributed by atoms with Crippen molar-refractivity contribution < 1.29 is 4.79 Å². The van der Waals surface area contributed by atoms with Crippen molar-refractivity contribution in [3.05, 3.63) is 53.4 Å². The summed E-state index contributed by atoms with van der Waals surface area (Å²) in [5.74, 6) is 0.275. The lowest BCUT2D eigenvalue weighted by Gasteiger charge is -2.04. The Balaban J connectivity index is 1.98. The maximum absolute atomic E-state index is 11.7. The first-order valence-corrected chi connectivity index (χ1v) is 5.44. The van der Waals surface area contributed by atoms with E-state index in [9.17, 15) is 4.79 Å². The Kier molecular flexibility index (Phi) is 3.67. The van der Waals surface area contributed by atoms with E-state index < -0.39 is 0 Å². The second kappa shape index (κ2) is 5.41. The van der Waals surface area contributed by atoms with E-state index in [4.69, 9.17) is 11.6 Å². The summed E-state index contributed by atoms with van der Waals surface area (Å²) in [5, 5.41) is 2.77. The number of rotatable bonds is 3. The van der Waals surface area contributed by atoms with Crippen LogP contribution in [0, 0.1) is 0 Å². The summed E-state index contributed by atoms with van der Waals surface area (Å²) < 4.78 is 0. The van der Waals surface area contributed by atoms with Gasteiger partial charge in [-0.25, -0.2) is 9.97 Å². The van der Waals surface area contributed by atoms with Gasteiger partial charge in [-0.05, 0) is 23.2 Å². The molecule has 0 saturated carbocycles. The van der Waals surface area contributed by atoms with Gasteiger partial charge in [-0.3, -0.25) is 4.79 Å². The van der Waals surface area contributed by atoms with Gasteiger partial charge in [0, 0.05) is 6.20 Å². The normalized spacial score (nSPS) is 9.94. The number of carbonyl (C=O) groups excluding carboxylic acids is 1. The molecule has 86 valence electrons. The smallest absolute Gasteiger partial charge is 0.229 e. The van der Waals surface area contributed by atoms with Gasteiger partial charge in [0.05, 0.1) is 6.42 Å². The summed E-state index contributed by atoms with van der Waals surface area (Å²) in [7, 11) is 0. The highest BCUT2D eigenvalue weighted by Crippen LogP contribution is 2.07. The molecule has 0 aliphatic carbocycles. The average Bonchev–Trinajstić information content (AvgIpc) is 2.30. The van der Waals surface area contributed by atoms with Gasteiger partial charge in [0.1, 0.15) is 5.82 Å². The molecular formula is C12H10ClN3O. The van der Waals surface area contributed by atoms with Crippen molar-refractivity contribution in [1.29, 1.82) is 0 Å². The molecule has 1 aromatic carbocycles. The van der Waals surface area contributed by atoms with Gasteiger partial charge in [0.15, 0.2) is 0 Å². The molecule has 4 nitrogen and oxygen atoms in total. The van der Waals surface area contributed by atoms with Crippen LogP contribution in [0.25, 0.3) is 0 Å². The van der Waals surface area contributed by atoms with E-state index >= 15 is 0 Å². The molecule has 0 aliphatic rings. The number of halogens is 1. The Morgan fingerprint density at radius 1 is 1.24 bits per heavy atom. The fourth-order valence-corrected chi connectivity index (χ4v) is 1.52. The van der Waals surface area contributed by atoms with Crippen molar-refractivity contribution in [3.8, 4) is 0 Å².